The van der Waals surface area contributed by atoms with E-state index in [1.807, 2.05) is 53.6 Å². The zero-order valence-corrected chi connectivity index (χ0v) is 18.6. The molecule has 0 radical (unpaired) electrons. The molecule has 0 bridgehead atoms. The Morgan fingerprint density at radius 2 is 1.48 bits per heavy atom. The third-order valence-electron chi connectivity index (χ3n) is 5.72. The van der Waals surface area contributed by atoms with Crippen LogP contribution in [0.1, 0.15) is 17.5 Å². The predicted octanol–water partition coefficient (Wildman–Crippen LogP) is 3.97. The first-order valence-corrected chi connectivity index (χ1v) is 11.9. The predicted molar refractivity (Wildman–Crippen MR) is 121 cm³/mol. The molecule has 1 atom stereocenters. The van der Waals surface area contributed by atoms with Crippen LogP contribution < -0.4 is 9.13 Å². The van der Waals surface area contributed by atoms with Crippen molar-refractivity contribution < 1.29 is 23.5 Å². The molecule has 2 N–H and O–H groups in total. The highest BCUT2D eigenvalue weighted by Gasteiger charge is 2.48. The molecule has 5 nitrogen and oxygen atoms in total. The topological polar surface area (TPSA) is 65.3 Å². The minimum atomic E-state index is -4.31. The summed E-state index contributed by atoms with van der Waals surface area (Å²) < 4.78 is 16.1. The highest BCUT2D eigenvalue weighted by atomic mass is 31.2. The van der Waals surface area contributed by atoms with Crippen LogP contribution in [0, 0.1) is 13.8 Å². The van der Waals surface area contributed by atoms with Crippen molar-refractivity contribution >= 4 is 7.60 Å². The van der Waals surface area contributed by atoms with Gasteiger partial charge in [-0.15, -0.1) is 0 Å². The van der Waals surface area contributed by atoms with Crippen molar-refractivity contribution in [2.45, 2.75) is 32.0 Å². The van der Waals surface area contributed by atoms with Crippen molar-refractivity contribution in [3.63, 3.8) is 0 Å². The number of nitrogens with zero attached hydrogens (tertiary/aromatic N) is 2. The van der Waals surface area contributed by atoms with Crippen LogP contribution in [0.4, 0.5) is 0 Å². The van der Waals surface area contributed by atoms with E-state index in [2.05, 4.69) is 48.7 Å². The van der Waals surface area contributed by atoms with Crippen molar-refractivity contribution in [1.82, 2.24) is 0 Å². The lowest BCUT2D eigenvalue weighted by atomic mass is 9.99. The summed E-state index contributed by atoms with van der Waals surface area (Å²) in [7, 11) is -4.31. The van der Waals surface area contributed by atoms with Gasteiger partial charge in [0.05, 0.1) is 0 Å². The second-order valence-corrected chi connectivity index (χ2v) is 10.2. The van der Waals surface area contributed by atoms with E-state index in [9.17, 15) is 14.4 Å². The Morgan fingerprint density at radius 1 is 0.903 bits per heavy atom. The second kappa shape index (κ2) is 8.35. The highest BCUT2D eigenvalue weighted by Crippen LogP contribution is 2.54. The van der Waals surface area contributed by atoms with Gasteiger partial charge in [0.1, 0.15) is 0 Å². The maximum absolute atomic E-state index is 12.2. The van der Waals surface area contributed by atoms with Gasteiger partial charge in [0, 0.05) is 36.4 Å². The summed E-state index contributed by atoms with van der Waals surface area (Å²) in [6.45, 7) is 4.42. The molecule has 1 aliphatic rings. The third-order valence-corrected chi connectivity index (χ3v) is 7.35. The van der Waals surface area contributed by atoms with Gasteiger partial charge < -0.3 is 9.79 Å². The van der Waals surface area contributed by atoms with Crippen LogP contribution in [0.2, 0.25) is 0 Å². The zero-order chi connectivity index (χ0) is 22.1. The molecule has 3 aromatic rings. The molecule has 0 saturated heterocycles. The van der Waals surface area contributed by atoms with E-state index in [0.717, 1.165) is 16.8 Å². The number of aryl methyl sites for hydroxylation is 2. The summed E-state index contributed by atoms with van der Waals surface area (Å²) in [6, 6.07) is 14.6. The van der Waals surface area contributed by atoms with Gasteiger partial charge in [0.15, 0.2) is 36.5 Å². The van der Waals surface area contributed by atoms with Gasteiger partial charge in [0.2, 0.25) is 5.69 Å². The van der Waals surface area contributed by atoms with E-state index in [4.69, 9.17) is 0 Å². The molecule has 1 aromatic carbocycles. The number of allylic oxidation sites excluding steroid dienone is 4. The molecule has 1 unspecified atom stereocenters. The normalized spacial score (nSPS) is 18.3. The number of pyridine rings is 2. The van der Waals surface area contributed by atoms with E-state index >= 15 is 0 Å². The maximum atomic E-state index is 12.2. The minimum Gasteiger partial charge on any atom is -0.324 e. The summed E-state index contributed by atoms with van der Waals surface area (Å²) in [5.41, 5.74) is 5.73. The van der Waals surface area contributed by atoms with Crippen LogP contribution in [0.5, 0.6) is 0 Å². The fourth-order valence-corrected chi connectivity index (χ4v) is 5.01. The van der Waals surface area contributed by atoms with E-state index < -0.39 is 12.8 Å². The van der Waals surface area contributed by atoms with Gasteiger partial charge in [-0.2, -0.15) is 4.57 Å². The summed E-state index contributed by atoms with van der Waals surface area (Å²) in [6.07, 6.45) is 15.2. The number of hydrogen-bond acceptors (Lipinski definition) is 1. The van der Waals surface area contributed by atoms with Crippen molar-refractivity contribution in [3.8, 4) is 16.8 Å². The van der Waals surface area contributed by atoms with Crippen LogP contribution in [0.3, 0.4) is 0 Å². The van der Waals surface area contributed by atoms with Gasteiger partial charge in [-0.1, -0.05) is 30.4 Å². The summed E-state index contributed by atoms with van der Waals surface area (Å²) in [5.74, 6) is 0. The lowest BCUT2D eigenvalue weighted by molar-refractivity contribution is -0.699. The second-order valence-electron chi connectivity index (χ2n) is 8.24. The van der Waals surface area contributed by atoms with Crippen LogP contribution >= 0.6 is 7.60 Å². The van der Waals surface area contributed by atoms with Gasteiger partial charge in [0.25, 0.3) is 0 Å². The van der Waals surface area contributed by atoms with Gasteiger partial charge in [-0.05, 0) is 42.5 Å². The van der Waals surface area contributed by atoms with E-state index in [1.165, 1.54) is 11.1 Å². The van der Waals surface area contributed by atoms with Crippen LogP contribution in [-0.2, 0) is 11.1 Å². The molecule has 2 heterocycles. The van der Waals surface area contributed by atoms with E-state index in [-0.39, 0.29) is 6.54 Å². The van der Waals surface area contributed by atoms with Crippen molar-refractivity contribution in [2.75, 3.05) is 0 Å². The third kappa shape index (κ3) is 4.59. The Balaban J connectivity index is 1.55. The highest BCUT2D eigenvalue weighted by molar-refractivity contribution is 7.53. The average molecular weight is 434 g/mol. The Bertz CT molecular complexity index is 1170. The molecule has 2 aromatic heterocycles. The van der Waals surface area contributed by atoms with E-state index in [1.54, 1.807) is 12.2 Å². The van der Waals surface area contributed by atoms with Crippen LogP contribution in [-0.4, -0.2) is 14.9 Å². The maximum Gasteiger partial charge on any atom is 0.342 e. The molecular weight excluding hydrogens is 407 g/mol. The van der Waals surface area contributed by atoms with Gasteiger partial charge >= 0.3 is 7.60 Å². The summed E-state index contributed by atoms with van der Waals surface area (Å²) in [4.78, 5) is 19.9. The number of aromatic nitrogens is 2. The Hall–Kier alpha value is -2.85. The Kier molecular flexibility index (Phi) is 5.76. The fourth-order valence-electron chi connectivity index (χ4n) is 4.04. The molecule has 1 aliphatic carbocycles. The largest absolute Gasteiger partial charge is 0.342 e. The standard InChI is InChI=1S/C25H25N2O3P/c1-20-16-21(2)18-24(17-20)27-14-8-23(9-15-27)22-6-12-26(13-7-22)19-25(31(28,29)30)10-4-3-5-11-25/h3-10,12-18H,11,19H2,1-2H3/p+2. The number of rotatable bonds is 5. The molecule has 0 spiro atoms. The SMILES string of the molecule is Cc1cc(C)cc(-[n+]2ccc(-c3cc[n+](CC4(P(=O)(O)O)C=CC=CC4)cc3)cc2)c1. The molecular formula is C25H27N2O3P+2. The molecule has 0 fully saturated rings. The summed E-state index contributed by atoms with van der Waals surface area (Å²) in [5, 5.41) is -1.20. The molecule has 0 amide bonds. The quantitative estimate of drug-likeness (QED) is 0.472. The van der Waals surface area contributed by atoms with Gasteiger partial charge in [-0.3, -0.25) is 4.57 Å². The first kappa shape index (κ1) is 21.4. The minimum absolute atomic E-state index is 0.222. The number of benzene rings is 1. The average Bonchev–Trinajstić information content (AvgIpc) is 2.74. The lowest BCUT2D eigenvalue weighted by Crippen LogP contribution is -2.46. The lowest BCUT2D eigenvalue weighted by Gasteiger charge is -2.28. The van der Waals surface area contributed by atoms with Crippen molar-refractivity contribution in [3.05, 3.63) is 103 Å². The molecule has 0 aliphatic heterocycles. The molecule has 31 heavy (non-hydrogen) atoms. The van der Waals surface area contributed by atoms with Crippen LogP contribution in [0.25, 0.3) is 16.8 Å². The first-order valence-electron chi connectivity index (χ1n) is 10.3. The van der Waals surface area contributed by atoms with Gasteiger partial charge in [-0.25, -0.2) is 4.57 Å². The first-order chi connectivity index (χ1) is 14.8. The molecule has 6 heteroatoms. The monoisotopic (exact) mass is 434 g/mol. The molecule has 158 valence electrons. The molecule has 0 saturated carbocycles. The number of hydrogen-bond donors (Lipinski definition) is 2. The van der Waals surface area contributed by atoms with Crippen molar-refractivity contribution in [1.29, 1.82) is 0 Å². The summed E-state index contributed by atoms with van der Waals surface area (Å²) >= 11 is 0. The van der Waals surface area contributed by atoms with Crippen molar-refractivity contribution in [2.24, 2.45) is 0 Å². The fraction of sp³-hybridized carbons (Fsp3) is 0.200. The van der Waals surface area contributed by atoms with E-state index in [0.29, 0.717) is 6.42 Å². The Labute approximate surface area is 182 Å². The molecule has 4 rings (SSSR count). The zero-order valence-electron chi connectivity index (χ0n) is 17.7. The Morgan fingerprint density at radius 3 is 2.00 bits per heavy atom. The smallest absolute Gasteiger partial charge is 0.324 e. The van der Waals surface area contributed by atoms with Crippen LogP contribution in [0.15, 0.2) is 91.6 Å².